The van der Waals surface area contributed by atoms with Crippen molar-refractivity contribution in [1.82, 2.24) is 4.98 Å². The van der Waals surface area contributed by atoms with Gasteiger partial charge >= 0.3 is 12.1 Å². The van der Waals surface area contributed by atoms with Gasteiger partial charge in [-0.25, -0.2) is 13.8 Å². The molecule has 3 nitrogen and oxygen atoms in total. The number of ether oxygens (including phenoxy) is 1. The molecule has 0 aliphatic carbocycles. The van der Waals surface area contributed by atoms with Crippen LogP contribution in [-0.2, 0) is 22.1 Å². The number of carbonyl (C=O) groups is 1. The van der Waals surface area contributed by atoms with E-state index in [-0.39, 0.29) is 11.3 Å². The largest absolute Gasteiger partial charge is 0.469 e. The minimum absolute atomic E-state index is 0.0184. The van der Waals surface area contributed by atoms with Crippen LogP contribution in [0.2, 0.25) is 0 Å². The van der Waals surface area contributed by atoms with Gasteiger partial charge in [0.15, 0.2) is 5.69 Å². The van der Waals surface area contributed by atoms with E-state index in [1.807, 2.05) is 0 Å². The molecule has 0 aliphatic heterocycles. The summed E-state index contributed by atoms with van der Waals surface area (Å²) in [5.74, 6) is -0.745. The maximum atomic E-state index is 12.6. The lowest BCUT2D eigenvalue weighted by Gasteiger charge is -2.14. The topological polar surface area (TPSA) is 39.2 Å². The molecular weight excluding hydrogens is 273 g/mol. The highest BCUT2D eigenvalue weighted by atomic mass is 19.4. The van der Waals surface area contributed by atoms with Crippen molar-refractivity contribution in [2.24, 2.45) is 0 Å². The SMILES string of the molecule is COC(=O)Cc1cc(C(F)F)c(C(F)(F)F)nc1C. The highest BCUT2D eigenvalue weighted by Gasteiger charge is 2.38. The van der Waals surface area contributed by atoms with Crippen molar-refractivity contribution in [2.75, 3.05) is 7.11 Å². The highest BCUT2D eigenvalue weighted by Crippen LogP contribution is 2.36. The molecule has 0 aromatic carbocycles. The second-order valence-electron chi connectivity index (χ2n) is 3.72. The number of alkyl halides is 5. The molecule has 0 bridgehead atoms. The Bertz CT molecular complexity index is 485. The molecule has 1 aromatic rings. The van der Waals surface area contributed by atoms with Crippen LogP contribution in [0.25, 0.3) is 0 Å². The van der Waals surface area contributed by atoms with Gasteiger partial charge in [-0.15, -0.1) is 0 Å². The van der Waals surface area contributed by atoms with Crippen molar-refractivity contribution in [2.45, 2.75) is 25.9 Å². The Balaban J connectivity index is 3.33. The average molecular weight is 283 g/mol. The van der Waals surface area contributed by atoms with Gasteiger partial charge in [0.2, 0.25) is 0 Å². The van der Waals surface area contributed by atoms with Gasteiger partial charge in [-0.1, -0.05) is 0 Å². The zero-order chi connectivity index (χ0) is 14.8. The van der Waals surface area contributed by atoms with Crippen LogP contribution in [0.5, 0.6) is 0 Å². The summed E-state index contributed by atoms with van der Waals surface area (Å²) in [6, 6.07) is 0.646. The van der Waals surface area contributed by atoms with Crippen LogP contribution in [0, 0.1) is 6.92 Å². The smallest absolute Gasteiger partial charge is 0.433 e. The molecule has 0 N–H and O–H groups in total. The second kappa shape index (κ2) is 5.50. The number of rotatable bonds is 3. The number of aromatic nitrogens is 1. The fourth-order valence-electron chi connectivity index (χ4n) is 1.46. The molecule has 1 aromatic heterocycles. The van der Waals surface area contributed by atoms with Crippen molar-refractivity contribution in [1.29, 1.82) is 0 Å². The molecular formula is C11H10F5NO2. The fourth-order valence-corrected chi connectivity index (χ4v) is 1.46. The van der Waals surface area contributed by atoms with Crippen LogP contribution >= 0.6 is 0 Å². The summed E-state index contributed by atoms with van der Waals surface area (Å²) < 4.78 is 67.3. The summed E-state index contributed by atoms with van der Waals surface area (Å²) in [4.78, 5) is 14.2. The number of methoxy groups -OCH3 is 1. The lowest BCUT2D eigenvalue weighted by Crippen LogP contribution is -2.16. The van der Waals surface area contributed by atoms with E-state index >= 15 is 0 Å². The number of esters is 1. The summed E-state index contributed by atoms with van der Waals surface area (Å²) in [7, 11) is 1.09. The van der Waals surface area contributed by atoms with Gasteiger partial charge in [0.1, 0.15) is 0 Å². The van der Waals surface area contributed by atoms with Gasteiger partial charge in [-0.05, 0) is 18.6 Å². The van der Waals surface area contributed by atoms with Gasteiger partial charge in [0.05, 0.1) is 13.5 Å². The number of carbonyl (C=O) groups excluding carboxylic acids is 1. The van der Waals surface area contributed by atoms with Crippen molar-refractivity contribution in [3.8, 4) is 0 Å². The average Bonchev–Trinajstić information content (AvgIpc) is 2.29. The van der Waals surface area contributed by atoms with E-state index in [9.17, 15) is 26.7 Å². The number of pyridine rings is 1. The van der Waals surface area contributed by atoms with Gasteiger partial charge in [0.25, 0.3) is 6.43 Å². The van der Waals surface area contributed by atoms with E-state index in [1.54, 1.807) is 0 Å². The Kier molecular flexibility index (Phi) is 4.43. The Morgan fingerprint density at radius 2 is 2.00 bits per heavy atom. The predicted octanol–water partition coefficient (Wildman–Crippen LogP) is 3.06. The van der Waals surface area contributed by atoms with E-state index in [2.05, 4.69) is 9.72 Å². The van der Waals surface area contributed by atoms with E-state index in [0.717, 1.165) is 7.11 Å². The monoisotopic (exact) mass is 283 g/mol. The minimum Gasteiger partial charge on any atom is -0.469 e. The Labute approximate surface area is 105 Å². The van der Waals surface area contributed by atoms with E-state index in [1.165, 1.54) is 6.92 Å². The number of halogens is 5. The molecule has 0 fully saturated rings. The number of hydrogen-bond acceptors (Lipinski definition) is 3. The van der Waals surface area contributed by atoms with Crippen molar-refractivity contribution in [3.05, 3.63) is 28.6 Å². The van der Waals surface area contributed by atoms with Gasteiger partial charge in [0, 0.05) is 11.3 Å². The molecule has 0 unspecified atom stereocenters. The molecule has 0 spiro atoms. The maximum Gasteiger partial charge on any atom is 0.433 e. The summed E-state index contributed by atoms with van der Waals surface area (Å²) in [5.41, 5.74) is -3.03. The first kappa shape index (κ1) is 15.3. The zero-order valence-corrected chi connectivity index (χ0v) is 10.0. The van der Waals surface area contributed by atoms with Crippen LogP contribution < -0.4 is 0 Å². The molecule has 0 amide bonds. The van der Waals surface area contributed by atoms with E-state index in [0.29, 0.717) is 6.07 Å². The molecule has 1 heterocycles. The third kappa shape index (κ3) is 3.62. The first-order chi connectivity index (χ1) is 8.66. The lowest BCUT2D eigenvalue weighted by molar-refractivity contribution is -0.143. The molecule has 0 radical (unpaired) electrons. The van der Waals surface area contributed by atoms with Crippen LogP contribution in [0.15, 0.2) is 6.07 Å². The summed E-state index contributed by atoms with van der Waals surface area (Å²) in [6.45, 7) is 1.21. The van der Waals surface area contributed by atoms with E-state index < -0.39 is 36.2 Å². The lowest BCUT2D eigenvalue weighted by atomic mass is 10.0. The molecule has 8 heteroatoms. The Morgan fingerprint density at radius 3 is 2.42 bits per heavy atom. The molecule has 19 heavy (non-hydrogen) atoms. The molecule has 0 atom stereocenters. The van der Waals surface area contributed by atoms with Gasteiger partial charge in [-0.3, -0.25) is 4.79 Å². The number of aryl methyl sites for hydroxylation is 1. The van der Waals surface area contributed by atoms with Crippen LogP contribution in [-0.4, -0.2) is 18.1 Å². The highest BCUT2D eigenvalue weighted by molar-refractivity contribution is 5.72. The quantitative estimate of drug-likeness (QED) is 0.632. The summed E-state index contributed by atoms with van der Waals surface area (Å²) >= 11 is 0. The zero-order valence-electron chi connectivity index (χ0n) is 10.0. The van der Waals surface area contributed by atoms with Crippen LogP contribution in [0.3, 0.4) is 0 Å². The standard InChI is InChI=1S/C11H10F5NO2/c1-5-6(4-8(18)19-2)3-7(10(12)13)9(17-5)11(14,15)16/h3,10H,4H2,1-2H3. The molecule has 0 aliphatic rings. The second-order valence-corrected chi connectivity index (χ2v) is 3.72. The Hall–Kier alpha value is -1.73. The number of hydrogen-bond donors (Lipinski definition) is 0. The predicted molar refractivity (Wildman–Crippen MR) is 54.7 cm³/mol. The molecule has 0 saturated heterocycles. The summed E-state index contributed by atoms with van der Waals surface area (Å²) in [5, 5.41) is 0. The van der Waals surface area contributed by atoms with Crippen molar-refractivity contribution < 1.29 is 31.5 Å². The minimum atomic E-state index is -4.97. The third-order valence-corrected chi connectivity index (χ3v) is 2.41. The van der Waals surface area contributed by atoms with Gasteiger partial charge in [-0.2, -0.15) is 13.2 Å². The van der Waals surface area contributed by atoms with Crippen molar-refractivity contribution >= 4 is 5.97 Å². The molecule has 1 rings (SSSR count). The van der Waals surface area contributed by atoms with E-state index in [4.69, 9.17) is 0 Å². The van der Waals surface area contributed by atoms with Gasteiger partial charge < -0.3 is 4.74 Å². The summed E-state index contributed by atoms with van der Waals surface area (Å²) in [6.07, 6.45) is -8.71. The first-order valence-corrected chi connectivity index (χ1v) is 5.09. The third-order valence-electron chi connectivity index (χ3n) is 2.41. The normalized spacial score (nSPS) is 11.8. The fraction of sp³-hybridized carbons (Fsp3) is 0.455. The molecule has 106 valence electrons. The van der Waals surface area contributed by atoms with Crippen LogP contribution in [0.4, 0.5) is 22.0 Å². The Morgan fingerprint density at radius 1 is 1.42 bits per heavy atom. The first-order valence-electron chi connectivity index (χ1n) is 5.09. The number of nitrogens with zero attached hydrogens (tertiary/aromatic N) is 1. The van der Waals surface area contributed by atoms with Crippen molar-refractivity contribution in [3.63, 3.8) is 0 Å². The van der Waals surface area contributed by atoms with Crippen LogP contribution in [0.1, 0.15) is 28.9 Å². The maximum absolute atomic E-state index is 12.6. The molecule has 0 saturated carbocycles.